The molecule has 3 rings (SSSR count). The van der Waals surface area contributed by atoms with Crippen molar-refractivity contribution in [2.24, 2.45) is 0 Å². The van der Waals surface area contributed by atoms with E-state index in [2.05, 4.69) is 5.32 Å². The SMILES string of the molecule is CCCN(CC(=O)N(Cc1ccccc1)Cc1ccco1)C(=O)Nc1cccc(C)c1. The first-order valence-electron chi connectivity index (χ1n) is 10.5. The lowest BCUT2D eigenvalue weighted by Crippen LogP contribution is -2.44. The zero-order valence-corrected chi connectivity index (χ0v) is 18.1. The third kappa shape index (κ3) is 6.74. The molecule has 3 amide bonds. The highest BCUT2D eigenvalue weighted by molar-refractivity contribution is 5.92. The summed E-state index contributed by atoms with van der Waals surface area (Å²) in [4.78, 5) is 29.4. The predicted molar refractivity (Wildman–Crippen MR) is 121 cm³/mol. The Morgan fingerprint density at radius 3 is 2.42 bits per heavy atom. The lowest BCUT2D eigenvalue weighted by Gasteiger charge is -2.27. The van der Waals surface area contributed by atoms with Gasteiger partial charge < -0.3 is 19.5 Å². The number of rotatable bonds is 9. The molecule has 1 heterocycles. The maximum absolute atomic E-state index is 13.2. The maximum Gasteiger partial charge on any atom is 0.322 e. The first kappa shape index (κ1) is 22.2. The van der Waals surface area contributed by atoms with E-state index in [0.717, 1.165) is 23.2 Å². The molecule has 0 aliphatic carbocycles. The van der Waals surface area contributed by atoms with Gasteiger partial charge in [-0.15, -0.1) is 0 Å². The van der Waals surface area contributed by atoms with Gasteiger partial charge in [0.1, 0.15) is 12.3 Å². The van der Waals surface area contributed by atoms with Crippen molar-refractivity contribution in [1.82, 2.24) is 9.80 Å². The van der Waals surface area contributed by atoms with Gasteiger partial charge in [-0.05, 0) is 48.7 Å². The summed E-state index contributed by atoms with van der Waals surface area (Å²) >= 11 is 0. The molecule has 0 fully saturated rings. The summed E-state index contributed by atoms with van der Waals surface area (Å²) in [6.07, 6.45) is 2.35. The minimum atomic E-state index is -0.279. The molecule has 0 bridgehead atoms. The standard InChI is InChI=1S/C25H29N3O3/c1-3-14-27(25(30)26-22-12-7-9-20(2)16-22)19-24(29)28(18-23-13-8-15-31-23)17-21-10-5-4-6-11-21/h4-13,15-16H,3,14,17-19H2,1-2H3,(H,26,30). The van der Waals surface area contributed by atoms with Crippen LogP contribution >= 0.6 is 0 Å². The first-order valence-corrected chi connectivity index (χ1v) is 10.5. The molecular formula is C25H29N3O3. The van der Waals surface area contributed by atoms with Crippen LogP contribution < -0.4 is 5.32 Å². The van der Waals surface area contributed by atoms with Crippen LogP contribution in [0.15, 0.2) is 77.4 Å². The third-order valence-electron chi connectivity index (χ3n) is 4.87. The maximum atomic E-state index is 13.2. The van der Waals surface area contributed by atoms with E-state index in [1.54, 1.807) is 22.1 Å². The molecule has 0 unspecified atom stereocenters. The zero-order valence-electron chi connectivity index (χ0n) is 18.1. The molecular weight excluding hydrogens is 390 g/mol. The number of benzene rings is 2. The molecule has 31 heavy (non-hydrogen) atoms. The Balaban J connectivity index is 1.72. The van der Waals surface area contributed by atoms with Gasteiger partial charge in [0.15, 0.2) is 0 Å². The Morgan fingerprint density at radius 2 is 1.74 bits per heavy atom. The number of hydrogen-bond acceptors (Lipinski definition) is 3. The summed E-state index contributed by atoms with van der Waals surface area (Å²) < 4.78 is 5.46. The second-order valence-corrected chi connectivity index (χ2v) is 7.54. The Hall–Kier alpha value is -3.54. The van der Waals surface area contributed by atoms with E-state index in [0.29, 0.717) is 25.4 Å². The van der Waals surface area contributed by atoms with Crippen molar-refractivity contribution in [2.45, 2.75) is 33.4 Å². The second kappa shape index (κ2) is 11.0. The van der Waals surface area contributed by atoms with Crippen LogP contribution in [0.3, 0.4) is 0 Å². The minimum Gasteiger partial charge on any atom is -0.467 e. The number of nitrogens with zero attached hydrogens (tertiary/aromatic N) is 2. The molecule has 6 nitrogen and oxygen atoms in total. The van der Waals surface area contributed by atoms with Crippen LogP contribution in [0, 0.1) is 6.92 Å². The Labute approximate surface area is 183 Å². The van der Waals surface area contributed by atoms with Crippen LogP contribution in [0.5, 0.6) is 0 Å². The highest BCUT2D eigenvalue weighted by Gasteiger charge is 2.22. The summed E-state index contributed by atoms with van der Waals surface area (Å²) in [6, 6.07) is 20.8. The van der Waals surface area contributed by atoms with Gasteiger partial charge >= 0.3 is 6.03 Å². The van der Waals surface area contributed by atoms with E-state index in [9.17, 15) is 9.59 Å². The van der Waals surface area contributed by atoms with Crippen molar-refractivity contribution in [3.8, 4) is 0 Å². The zero-order chi connectivity index (χ0) is 22.1. The lowest BCUT2D eigenvalue weighted by atomic mass is 10.2. The molecule has 6 heteroatoms. The van der Waals surface area contributed by atoms with Crippen LogP contribution in [0.4, 0.5) is 10.5 Å². The number of aryl methyl sites for hydroxylation is 1. The second-order valence-electron chi connectivity index (χ2n) is 7.54. The summed E-state index contributed by atoms with van der Waals surface area (Å²) in [6.45, 7) is 5.24. The fourth-order valence-corrected chi connectivity index (χ4v) is 3.34. The van der Waals surface area contributed by atoms with Gasteiger partial charge in [0.2, 0.25) is 5.91 Å². The molecule has 0 aliphatic heterocycles. The summed E-state index contributed by atoms with van der Waals surface area (Å²) in [5.74, 6) is 0.573. The van der Waals surface area contributed by atoms with E-state index in [1.165, 1.54) is 0 Å². The van der Waals surface area contributed by atoms with Crippen molar-refractivity contribution in [2.75, 3.05) is 18.4 Å². The largest absolute Gasteiger partial charge is 0.467 e. The highest BCUT2D eigenvalue weighted by Crippen LogP contribution is 2.14. The first-order chi connectivity index (χ1) is 15.0. The van der Waals surface area contributed by atoms with Gasteiger partial charge in [0.25, 0.3) is 0 Å². The smallest absolute Gasteiger partial charge is 0.322 e. The number of amides is 3. The molecule has 0 radical (unpaired) electrons. The normalized spacial score (nSPS) is 10.5. The minimum absolute atomic E-state index is 0.000961. The topological polar surface area (TPSA) is 65.8 Å². The predicted octanol–water partition coefficient (Wildman–Crippen LogP) is 5.06. The fourth-order valence-electron chi connectivity index (χ4n) is 3.34. The molecule has 0 saturated carbocycles. The monoisotopic (exact) mass is 419 g/mol. The Bertz CT molecular complexity index is 971. The number of carbonyl (C=O) groups excluding carboxylic acids is 2. The Kier molecular flexibility index (Phi) is 7.87. The molecule has 0 spiro atoms. The molecule has 0 atom stereocenters. The van der Waals surface area contributed by atoms with Crippen molar-refractivity contribution < 1.29 is 14.0 Å². The van der Waals surface area contributed by atoms with Gasteiger partial charge in [0, 0.05) is 18.8 Å². The van der Waals surface area contributed by atoms with Gasteiger partial charge in [-0.2, -0.15) is 0 Å². The average molecular weight is 420 g/mol. The number of carbonyl (C=O) groups is 2. The van der Waals surface area contributed by atoms with E-state index in [1.807, 2.05) is 74.5 Å². The molecule has 2 aromatic carbocycles. The van der Waals surface area contributed by atoms with Gasteiger partial charge in [-0.3, -0.25) is 4.79 Å². The molecule has 1 N–H and O–H groups in total. The summed E-state index contributed by atoms with van der Waals surface area (Å²) in [5.41, 5.74) is 2.80. The number of nitrogens with one attached hydrogen (secondary N) is 1. The molecule has 162 valence electrons. The van der Waals surface area contributed by atoms with E-state index < -0.39 is 0 Å². The van der Waals surface area contributed by atoms with Gasteiger partial charge in [-0.1, -0.05) is 49.4 Å². The molecule has 0 aliphatic rings. The van der Waals surface area contributed by atoms with E-state index >= 15 is 0 Å². The van der Waals surface area contributed by atoms with Crippen LogP contribution in [0.1, 0.15) is 30.2 Å². The molecule has 3 aromatic rings. The molecule has 1 aromatic heterocycles. The fraction of sp³-hybridized carbons (Fsp3) is 0.280. The Morgan fingerprint density at radius 1 is 0.935 bits per heavy atom. The third-order valence-corrected chi connectivity index (χ3v) is 4.87. The number of anilines is 1. The summed E-state index contributed by atoms with van der Waals surface area (Å²) in [7, 11) is 0. The van der Waals surface area contributed by atoms with Crippen LogP contribution in [0.2, 0.25) is 0 Å². The summed E-state index contributed by atoms with van der Waals surface area (Å²) in [5, 5.41) is 2.90. The number of hydrogen-bond donors (Lipinski definition) is 1. The van der Waals surface area contributed by atoms with Crippen molar-refractivity contribution >= 4 is 17.6 Å². The number of urea groups is 1. The quantitative estimate of drug-likeness (QED) is 0.527. The molecule has 0 saturated heterocycles. The van der Waals surface area contributed by atoms with Crippen molar-refractivity contribution in [3.05, 3.63) is 89.9 Å². The van der Waals surface area contributed by atoms with Crippen LogP contribution in [0.25, 0.3) is 0 Å². The van der Waals surface area contributed by atoms with E-state index in [-0.39, 0.29) is 18.5 Å². The highest BCUT2D eigenvalue weighted by atomic mass is 16.3. The van der Waals surface area contributed by atoms with Crippen LogP contribution in [-0.2, 0) is 17.9 Å². The lowest BCUT2D eigenvalue weighted by molar-refractivity contribution is -0.133. The van der Waals surface area contributed by atoms with Crippen molar-refractivity contribution in [1.29, 1.82) is 0 Å². The number of furan rings is 1. The van der Waals surface area contributed by atoms with E-state index in [4.69, 9.17) is 4.42 Å². The van der Waals surface area contributed by atoms with Crippen molar-refractivity contribution in [3.63, 3.8) is 0 Å². The van der Waals surface area contributed by atoms with Gasteiger partial charge in [0.05, 0.1) is 12.8 Å². The van der Waals surface area contributed by atoms with Gasteiger partial charge in [-0.25, -0.2) is 4.79 Å². The average Bonchev–Trinajstić information content (AvgIpc) is 3.27. The van der Waals surface area contributed by atoms with Crippen LogP contribution in [-0.4, -0.2) is 34.8 Å².